The van der Waals surface area contributed by atoms with Crippen molar-refractivity contribution in [2.24, 2.45) is 5.73 Å². The number of thiophene rings is 1. The second-order valence-corrected chi connectivity index (χ2v) is 5.39. The Morgan fingerprint density at radius 2 is 1.89 bits per heavy atom. The van der Waals surface area contributed by atoms with E-state index in [9.17, 15) is 4.79 Å². The Morgan fingerprint density at radius 3 is 2.42 bits per heavy atom. The van der Waals surface area contributed by atoms with Gasteiger partial charge in [0.1, 0.15) is 4.99 Å². The molecule has 5 heteroatoms. The molecule has 2 aromatic rings. The Bertz CT molecular complexity index is 602. The molecule has 0 unspecified atom stereocenters. The van der Waals surface area contributed by atoms with Crippen LogP contribution in [0.4, 0.5) is 0 Å². The molecule has 19 heavy (non-hydrogen) atoms. The molecule has 2 rings (SSSR count). The number of nitrogens with two attached hydrogens (primary N) is 1. The monoisotopic (exact) mass is 290 g/mol. The smallest absolute Gasteiger partial charge is 0.251 e. The first-order valence-electron chi connectivity index (χ1n) is 5.77. The van der Waals surface area contributed by atoms with Gasteiger partial charge in [-0.05, 0) is 40.9 Å². The van der Waals surface area contributed by atoms with Gasteiger partial charge in [-0.3, -0.25) is 4.79 Å². The lowest BCUT2D eigenvalue weighted by Crippen LogP contribution is -2.23. The third kappa shape index (κ3) is 3.39. The molecule has 0 saturated carbocycles. The van der Waals surface area contributed by atoms with E-state index in [0.29, 0.717) is 17.1 Å². The number of hydrogen-bond acceptors (Lipinski definition) is 3. The van der Waals surface area contributed by atoms with Crippen LogP contribution < -0.4 is 11.1 Å². The predicted octanol–water partition coefficient (Wildman–Crippen LogP) is 2.62. The molecule has 1 amide bonds. The number of thiocarbonyl (C=S) groups is 1. The van der Waals surface area contributed by atoms with E-state index < -0.39 is 0 Å². The van der Waals surface area contributed by atoms with Gasteiger partial charge in [-0.1, -0.05) is 24.4 Å². The molecule has 1 aromatic heterocycles. The minimum Gasteiger partial charge on any atom is -0.389 e. The Kier molecular flexibility index (Phi) is 4.29. The summed E-state index contributed by atoms with van der Waals surface area (Å²) >= 11 is 6.51. The molecule has 0 atom stereocenters. The van der Waals surface area contributed by atoms with Crippen LogP contribution >= 0.6 is 23.6 Å². The van der Waals surface area contributed by atoms with Crippen molar-refractivity contribution in [3.05, 3.63) is 57.3 Å². The van der Waals surface area contributed by atoms with Crippen LogP contribution in [0, 0.1) is 6.92 Å². The number of carbonyl (C=O) groups is 1. The Labute approximate surface area is 121 Å². The Balaban J connectivity index is 2.00. The van der Waals surface area contributed by atoms with Gasteiger partial charge < -0.3 is 11.1 Å². The minimum absolute atomic E-state index is 0.0971. The first-order valence-corrected chi connectivity index (χ1v) is 7.13. The molecular weight excluding hydrogens is 276 g/mol. The molecule has 0 aliphatic heterocycles. The van der Waals surface area contributed by atoms with E-state index in [0.717, 1.165) is 11.1 Å². The number of nitrogens with one attached hydrogen (secondary N) is 1. The standard InChI is InChI=1S/C14H14N2OS2/c1-9-7-19-8-12(9)6-16-14(17)11-4-2-10(3-5-11)13(15)18/h2-5,7-8H,6H2,1H3,(H2,15,18)(H,16,17). The SMILES string of the molecule is Cc1cscc1CNC(=O)c1ccc(C(N)=S)cc1. The number of aryl methyl sites for hydroxylation is 1. The van der Waals surface area contributed by atoms with Crippen molar-refractivity contribution in [2.45, 2.75) is 13.5 Å². The number of hydrogen-bond donors (Lipinski definition) is 2. The molecule has 1 aromatic carbocycles. The summed E-state index contributed by atoms with van der Waals surface area (Å²) in [5.41, 5.74) is 9.23. The summed E-state index contributed by atoms with van der Waals surface area (Å²) in [5, 5.41) is 7.01. The summed E-state index contributed by atoms with van der Waals surface area (Å²) in [6, 6.07) is 6.97. The van der Waals surface area contributed by atoms with E-state index in [1.807, 2.05) is 12.3 Å². The maximum atomic E-state index is 12.0. The van der Waals surface area contributed by atoms with Crippen molar-refractivity contribution in [2.75, 3.05) is 0 Å². The van der Waals surface area contributed by atoms with Gasteiger partial charge in [0.15, 0.2) is 0 Å². The van der Waals surface area contributed by atoms with Crippen molar-refractivity contribution in [3.63, 3.8) is 0 Å². The van der Waals surface area contributed by atoms with Crippen molar-refractivity contribution in [1.82, 2.24) is 5.32 Å². The van der Waals surface area contributed by atoms with Crippen LogP contribution in [0.3, 0.4) is 0 Å². The quantitative estimate of drug-likeness (QED) is 0.851. The highest BCUT2D eigenvalue weighted by atomic mass is 32.1. The second-order valence-electron chi connectivity index (χ2n) is 4.20. The van der Waals surface area contributed by atoms with Crippen molar-refractivity contribution in [3.8, 4) is 0 Å². The predicted molar refractivity (Wildman–Crippen MR) is 82.6 cm³/mol. The zero-order valence-electron chi connectivity index (χ0n) is 10.5. The molecule has 0 bridgehead atoms. The molecule has 0 aliphatic carbocycles. The van der Waals surface area contributed by atoms with Crippen LogP contribution in [0.15, 0.2) is 35.0 Å². The van der Waals surface area contributed by atoms with E-state index in [1.165, 1.54) is 5.56 Å². The summed E-state index contributed by atoms with van der Waals surface area (Å²) in [6.45, 7) is 2.58. The van der Waals surface area contributed by atoms with Crippen LogP contribution in [-0.2, 0) is 6.54 Å². The number of amides is 1. The summed E-state index contributed by atoms with van der Waals surface area (Å²) in [5.74, 6) is -0.0971. The zero-order chi connectivity index (χ0) is 13.8. The van der Waals surface area contributed by atoms with Gasteiger partial charge in [0.2, 0.25) is 0 Å². The Morgan fingerprint density at radius 1 is 1.26 bits per heavy atom. The number of carbonyl (C=O) groups excluding carboxylic acids is 1. The van der Waals surface area contributed by atoms with Crippen LogP contribution in [0.1, 0.15) is 27.0 Å². The average Bonchev–Trinajstić information content (AvgIpc) is 2.81. The van der Waals surface area contributed by atoms with Gasteiger partial charge in [-0.15, -0.1) is 0 Å². The second kappa shape index (κ2) is 5.95. The molecule has 3 N–H and O–H groups in total. The molecule has 0 saturated heterocycles. The van der Waals surface area contributed by atoms with Gasteiger partial charge in [-0.2, -0.15) is 11.3 Å². The molecule has 0 fully saturated rings. The lowest BCUT2D eigenvalue weighted by molar-refractivity contribution is 0.0951. The highest BCUT2D eigenvalue weighted by Gasteiger charge is 2.07. The maximum absolute atomic E-state index is 12.0. The maximum Gasteiger partial charge on any atom is 0.251 e. The van der Waals surface area contributed by atoms with Crippen molar-refractivity contribution >= 4 is 34.5 Å². The summed E-state index contributed by atoms with van der Waals surface area (Å²) in [6.07, 6.45) is 0. The van der Waals surface area contributed by atoms with Crippen molar-refractivity contribution in [1.29, 1.82) is 0 Å². The van der Waals surface area contributed by atoms with Crippen molar-refractivity contribution < 1.29 is 4.79 Å². The van der Waals surface area contributed by atoms with E-state index in [1.54, 1.807) is 35.6 Å². The summed E-state index contributed by atoms with van der Waals surface area (Å²) in [4.78, 5) is 12.3. The fourth-order valence-corrected chi connectivity index (χ4v) is 2.62. The molecule has 98 valence electrons. The highest BCUT2D eigenvalue weighted by molar-refractivity contribution is 7.80. The molecule has 3 nitrogen and oxygen atoms in total. The van der Waals surface area contributed by atoms with E-state index in [2.05, 4.69) is 10.7 Å². The van der Waals surface area contributed by atoms with Gasteiger partial charge in [0, 0.05) is 17.7 Å². The molecule has 1 heterocycles. The largest absolute Gasteiger partial charge is 0.389 e. The molecule has 0 aliphatic rings. The van der Waals surface area contributed by atoms with Gasteiger partial charge in [0.25, 0.3) is 5.91 Å². The highest BCUT2D eigenvalue weighted by Crippen LogP contribution is 2.13. The normalized spacial score (nSPS) is 10.2. The first-order chi connectivity index (χ1) is 9.08. The fourth-order valence-electron chi connectivity index (χ4n) is 1.63. The summed E-state index contributed by atoms with van der Waals surface area (Å²) < 4.78 is 0. The number of rotatable bonds is 4. The third-order valence-corrected chi connectivity index (χ3v) is 3.98. The molecule has 0 spiro atoms. The zero-order valence-corrected chi connectivity index (χ0v) is 12.1. The third-order valence-electron chi connectivity index (χ3n) is 2.83. The number of benzene rings is 1. The summed E-state index contributed by atoms with van der Waals surface area (Å²) in [7, 11) is 0. The fraction of sp³-hybridized carbons (Fsp3) is 0.143. The van der Waals surface area contributed by atoms with E-state index >= 15 is 0 Å². The van der Waals surface area contributed by atoms with E-state index in [-0.39, 0.29) is 5.91 Å². The van der Waals surface area contributed by atoms with Gasteiger partial charge >= 0.3 is 0 Å². The molecule has 0 radical (unpaired) electrons. The van der Waals surface area contributed by atoms with Crippen LogP contribution in [0.25, 0.3) is 0 Å². The first kappa shape index (κ1) is 13.7. The Hall–Kier alpha value is -1.72. The van der Waals surface area contributed by atoms with Gasteiger partial charge in [-0.25, -0.2) is 0 Å². The average molecular weight is 290 g/mol. The van der Waals surface area contributed by atoms with Crippen LogP contribution in [0.5, 0.6) is 0 Å². The minimum atomic E-state index is -0.0971. The van der Waals surface area contributed by atoms with Crippen LogP contribution in [-0.4, -0.2) is 10.9 Å². The lowest BCUT2D eigenvalue weighted by Gasteiger charge is -2.06. The van der Waals surface area contributed by atoms with Gasteiger partial charge in [0.05, 0.1) is 0 Å². The lowest BCUT2D eigenvalue weighted by atomic mass is 10.1. The van der Waals surface area contributed by atoms with E-state index in [4.69, 9.17) is 18.0 Å². The topological polar surface area (TPSA) is 55.1 Å². The molecular formula is C14H14N2OS2. The van der Waals surface area contributed by atoms with Crippen LogP contribution in [0.2, 0.25) is 0 Å².